The minimum atomic E-state index is -3.70. The number of ether oxygens (including phenoxy) is 1. The summed E-state index contributed by atoms with van der Waals surface area (Å²) in [4.78, 5) is 12.3. The molecule has 28 heavy (non-hydrogen) atoms. The Balaban J connectivity index is 2.02. The molecular formula is C20H25FN2O4S. The van der Waals surface area contributed by atoms with Crippen molar-refractivity contribution >= 4 is 21.6 Å². The van der Waals surface area contributed by atoms with Gasteiger partial charge in [0, 0.05) is 17.6 Å². The van der Waals surface area contributed by atoms with Gasteiger partial charge in [0.15, 0.2) is 11.6 Å². The third-order valence-electron chi connectivity index (χ3n) is 3.73. The molecule has 8 heteroatoms. The van der Waals surface area contributed by atoms with Gasteiger partial charge in [-0.3, -0.25) is 4.79 Å². The Morgan fingerprint density at radius 3 is 2.46 bits per heavy atom. The van der Waals surface area contributed by atoms with Gasteiger partial charge >= 0.3 is 0 Å². The van der Waals surface area contributed by atoms with Gasteiger partial charge in [-0.1, -0.05) is 12.1 Å². The third-order valence-corrected chi connectivity index (χ3v) is 5.48. The van der Waals surface area contributed by atoms with Gasteiger partial charge in [-0.05, 0) is 63.1 Å². The van der Waals surface area contributed by atoms with Crippen molar-refractivity contribution in [2.24, 2.45) is 0 Å². The Morgan fingerprint density at radius 1 is 1.14 bits per heavy atom. The molecule has 0 heterocycles. The van der Waals surface area contributed by atoms with E-state index >= 15 is 0 Å². The minimum Gasteiger partial charge on any atom is -0.494 e. The Bertz CT molecular complexity index is 953. The van der Waals surface area contributed by atoms with Crippen molar-refractivity contribution in [2.75, 3.05) is 12.4 Å². The monoisotopic (exact) mass is 408 g/mol. The molecule has 6 nitrogen and oxygen atoms in total. The molecule has 2 aromatic carbocycles. The van der Waals surface area contributed by atoms with Gasteiger partial charge in [0.05, 0.1) is 12.0 Å². The number of amides is 1. The van der Waals surface area contributed by atoms with Crippen molar-refractivity contribution < 1.29 is 22.3 Å². The molecule has 2 rings (SSSR count). The molecule has 0 saturated carbocycles. The highest BCUT2D eigenvalue weighted by molar-refractivity contribution is 7.89. The molecule has 0 saturated heterocycles. The highest BCUT2D eigenvalue weighted by Crippen LogP contribution is 2.20. The normalized spacial score (nSPS) is 11.9. The number of benzene rings is 2. The molecule has 2 N–H and O–H groups in total. The van der Waals surface area contributed by atoms with Crippen molar-refractivity contribution in [3.63, 3.8) is 0 Å². The molecule has 0 fully saturated rings. The lowest BCUT2D eigenvalue weighted by Gasteiger charge is -2.20. The summed E-state index contributed by atoms with van der Waals surface area (Å²) in [5, 5.41) is 2.68. The largest absolute Gasteiger partial charge is 0.494 e. The maximum absolute atomic E-state index is 13.7. The van der Waals surface area contributed by atoms with E-state index in [1.54, 1.807) is 39.0 Å². The smallest absolute Gasteiger partial charge is 0.241 e. The van der Waals surface area contributed by atoms with Crippen LogP contribution in [0, 0.1) is 5.82 Å². The first-order chi connectivity index (χ1) is 13.0. The molecule has 0 aromatic heterocycles. The highest BCUT2D eigenvalue weighted by atomic mass is 32.2. The number of halogens is 1. The quantitative estimate of drug-likeness (QED) is 0.735. The SMILES string of the molecule is COc1ccc(CCC(=O)Nc2cccc(S(=O)(=O)NC(C)(C)C)c2)cc1F. The second-order valence-corrected chi connectivity index (χ2v) is 9.08. The molecule has 0 atom stereocenters. The fourth-order valence-corrected chi connectivity index (χ4v) is 4.01. The van der Waals surface area contributed by atoms with Gasteiger partial charge in [-0.15, -0.1) is 0 Å². The summed E-state index contributed by atoms with van der Waals surface area (Å²) in [7, 11) is -2.31. The van der Waals surface area contributed by atoms with Gasteiger partial charge in [0.25, 0.3) is 0 Å². The first kappa shape index (κ1) is 21.8. The first-order valence-corrected chi connectivity index (χ1v) is 10.2. The van der Waals surface area contributed by atoms with Crippen LogP contribution in [0.3, 0.4) is 0 Å². The standard InChI is InChI=1S/C20H25FN2O4S/c1-20(2,3)23-28(25,26)16-7-5-6-15(13-16)22-19(24)11-9-14-8-10-18(27-4)17(21)12-14/h5-8,10,12-13,23H,9,11H2,1-4H3,(H,22,24). The molecular weight excluding hydrogens is 383 g/mol. The van der Waals surface area contributed by atoms with E-state index in [1.165, 1.54) is 31.4 Å². The maximum atomic E-state index is 13.7. The Hall–Kier alpha value is -2.45. The lowest BCUT2D eigenvalue weighted by Crippen LogP contribution is -2.40. The van der Waals surface area contributed by atoms with Crippen LogP contribution in [-0.2, 0) is 21.2 Å². The van der Waals surface area contributed by atoms with Gasteiger partial charge in [0.1, 0.15) is 0 Å². The van der Waals surface area contributed by atoms with Crippen molar-refractivity contribution in [1.82, 2.24) is 4.72 Å². The number of methoxy groups -OCH3 is 1. The zero-order chi connectivity index (χ0) is 20.9. The maximum Gasteiger partial charge on any atom is 0.241 e. The van der Waals surface area contributed by atoms with Crippen molar-refractivity contribution in [1.29, 1.82) is 0 Å². The van der Waals surface area contributed by atoms with Crippen LogP contribution in [0.2, 0.25) is 0 Å². The number of rotatable bonds is 7. The summed E-state index contributed by atoms with van der Waals surface area (Å²) in [5.74, 6) is -0.630. The molecule has 2 aromatic rings. The van der Waals surface area contributed by atoms with Crippen LogP contribution in [0.1, 0.15) is 32.8 Å². The fourth-order valence-electron chi connectivity index (χ4n) is 2.55. The second kappa shape index (κ2) is 8.70. The first-order valence-electron chi connectivity index (χ1n) is 8.76. The minimum absolute atomic E-state index is 0.0671. The van der Waals surface area contributed by atoms with Crippen LogP contribution in [-0.4, -0.2) is 27.0 Å². The fraction of sp³-hybridized carbons (Fsp3) is 0.350. The number of nitrogens with one attached hydrogen (secondary N) is 2. The van der Waals surface area contributed by atoms with E-state index in [-0.39, 0.29) is 23.0 Å². The number of anilines is 1. The average Bonchev–Trinajstić information content (AvgIpc) is 2.58. The molecule has 0 aliphatic heterocycles. The van der Waals surface area contributed by atoms with E-state index in [2.05, 4.69) is 10.0 Å². The van der Waals surface area contributed by atoms with Crippen LogP contribution in [0.25, 0.3) is 0 Å². The summed E-state index contributed by atoms with van der Waals surface area (Å²) in [6, 6.07) is 10.6. The Morgan fingerprint density at radius 2 is 1.86 bits per heavy atom. The second-order valence-electron chi connectivity index (χ2n) is 7.40. The van der Waals surface area contributed by atoms with Gasteiger partial charge < -0.3 is 10.1 Å². The van der Waals surface area contributed by atoms with Crippen LogP contribution >= 0.6 is 0 Å². The van der Waals surface area contributed by atoms with Crippen molar-refractivity contribution in [3.8, 4) is 5.75 Å². The summed E-state index contributed by atoms with van der Waals surface area (Å²) in [6.07, 6.45) is 0.472. The lowest BCUT2D eigenvalue weighted by molar-refractivity contribution is -0.116. The number of hydrogen-bond acceptors (Lipinski definition) is 4. The third kappa shape index (κ3) is 6.31. The summed E-state index contributed by atoms with van der Waals surface area (Å²) in [5.41, 5.74) is 0.424. The zero-order valence-corrected chi connectivity index (χ0v) is 17.2. The molecule has 0 aliphatic rings. The van der Waals surface area contributed by atoms with E-state index in [1.807, 2.05) is 0 Å². The predicted molar refractivity (Wildman–Crippen MR) is 106 cm³/mol. The average molecular weight is 408 g/mol. The van der Waals surface area contributed by atoms with Gasteiger partial charge in [-0.2, -0.15) is 0 Å². The van der Waals surface area contributed by atoms with E-state index in [0.717, 1.165) is 0 Å². The van der Waals surface area contributed by atoms with Crippen molar-refractivity contribution in [2.45, 2.75) is 44.0 Å². The van der Waals surface area contributed by atoms with Crippen LogP contribution in [0.15, 0.2) is 47.4 Å². The number of carbonyl (C=O) groups excluding carboxylic acids is 1. The highest BCUT2D eigenvalue weighted by Gasteiger charge is 2.22. The molecule has 152 valence electrons. The summed E-state index contributed by atoms with van der Waals surface area (Å²) >= 11 is 0. The van der Waals surface area contributed by atoms with E-state index in [4.69, 9.17) is 4.74 Å². The molecule has 1 amide bonds. The lowest BCUT2D eigenvalue weighted by atomic mass is 10.1. The molecule has 0 unspecified atom stereocenters. The van der Waals surface area contributed by atoms with Crippen LogP contribution in [0.5, 0.6) is 5.75 Å². The molecule has 0 spiro atoms. The Kier molecular flexibility index (Phi) is 6.79. The zero-order valence-electron chi connectivity index (χ0n) is 16.4. The summed E-state index contributed by atoms with van der Waals surface area (Å²) < 4.78 is 46.0. The number of carbonyl (C=O) groups is 1. The van der Waals surface area contributed by atoms with Crippen LogP contribution < -0.4 is 14.8 Å². The molecule has 0 aliphatic carbocycles. The van der Waals surface area contributed by atoms with E-state index in [0.29, 0.717) is 17.7 Å². The molecule has 0 radical (unpaired) electrons. The topological polar surface area (TPSA) is 84.5 Å². The number of sulfonamides is 1. The number of hydrogen-bond donors (Lipinski definition) is 2. The van der Waals surface area contributed by atoms with Gasteiger partial charge in [0.2, 0.25) is 15.9 Å². The van der Waals surface area contributed by atoms with Crippen LogP contribution in [0.4, 0.5) is 10.1 Å². The van der Waals surface area contributed by atoms with E-state index < -0.39 is 21.4 Å². The predicted octanol–water partition coefficient (Wildman–Crippen LogP) is 3.48. The molecule has 0 bridgehead atoms. The summed E-state index contributed by atoms with van der Waals surface area (Å²) in [6.45, 7) is 5.24. The number of aryl methyl sites for hydroxylation is 1. The van der Waals surface area contributed by atoms with Gasteiger partial charge in [-0.25, -0.2) is 17.5 Å². The van der Waals surface area contributed by atoms with Crippen molar-refractivity contribution in [3.05, 3.63) is 53.8 Å². The van der Waals surface area contributed by atoms with E-state index in [9.17, 15) is 17.6 Å². The Labute approximate surface area is 165 Å².